The minimum atomic E-state index is -3.58. The molecule has 0 spiro atoms. The van der Waals surface area contributed by atoms with Crippen LogP contribution in [0, 0.1) is 0 Å². The van der Waals surface area contributed by atoms with Gasteiger partial charge in [-0.1, -0.05) is 23.7 Å². The first kappa shape index (κ1) is 14.0. The summed E-state index contributed by atoms with van der Waals surface area (Å²) >= 11 is 5.80. The van der Waals surface area contributed by atoms with Crippen molar-refractivity contribution >= 4 is 33.3 Å². The van der Waals surface area contributed by atoms with Crippen LogP contribution in [0.3, 0.4) is 0 Å². The summed E-state index contributed by atoms with van der Waals surface area (Å²) < 4.78 is 24.4. The normalized spacial score (nSPS) is 18.5. The molecule has 0 unspecified atom stereocenters. The summed E-state index contributed by atoms with van der Waals surface area (Å²) in [6.07, 6.45) is 2.95. The first-order chi connectivity index (χ1) is 9.97. The van der Waals surface area contributed by atoms with Crippen LogP contribution in [0.5, 0.6) is 0 Å². The number of rotatable bonds is 1. The number of benzene rings is 1. The Morgan fingerprint density at radius 1 is 1.14 bits per heavy atom. The number of ketones is 1. The number of sulfone groups is 1. The Morgan fingerprint density at radius 2 is 1.86 bits per heavy atom. The van der Waals surface area contributed by atoms with Crippen molar-refractivity contribution in [2.75, 3.05) is 5.75 Å². The van der Waals surface area contributed by atoms with Crippen LogP contribution in [0.2, 0.25) is 5.02 Å². The molecule has 2 heterocycles. The molecule has 0 saturated heterocycles. The SMILES string of the molecule is O=C1/C(=C/c2ccc(Cl)cc2)CS(=O)(=O)c2ncccc21. The van der Waals surface area contributed by atoms with Gasteiger partial charge in [0.15, 0.2) is 10.8 Å². The van der Waals surface area contributed by atoms with Gasteiger partial charge in [0.05, 0.1) is 11.3 Å². The van der Waals surface area contributed by atoms with E-state index < -0.39 is 9.84 Å². The highest BCUT2D eigenvalue weighted by Crippen LogP contribution is 2.27. The molecule has 6 heteroatoms. The van der Waals surface area contributed by atoms with E-state index in [1.807, 2.05) is 0 Å². The fourth-order valence-corrected chi connectivity index (χ4v) is 3.79. The third-order valence-corrected chi connectivity index (χ3v) is 5.02. The molecule has 0 radical (unpaired) electrons. The van der Waals surface area contributed by atoms with Crippen molar-refractivity contribution in [3.8, 4) is 0 Å². The zero-order chi connectivity index (χ0) is 15.0. The molecule has 1 aliphatic heterocycles. The molecular weight excluding hydrogens is 310 g/mol. The summed E-state index contributed by atoms with van der Waals surface area (Å²) in [5.74, 6) is -0.638. The average Bonchev–Trinajstić information content (AvgIpc) is 2.47. The lowest BCUT2D eigenvalue weighted by Gasteiger charge is -2.16. The number of pyridine rings is 1. The largest absolute Gasteiger partial charge is 0.289 e. The number of carbonyl (C=O) groups excluding carboxylic acids is 1. The first-order valence-corrected chi connectivity index (χ1v) is 8.19. The Morgan fingerprint density at radius 3 is 2.57 bits per heavy atom. The van der Waals surface area contributed by atoms with Gasteiger partial charge >= 0.3 is 0 Å². The van der Waals surface area contributed by atoms with E-state index in [0.717, 1.165) is 5.56 Å². The third kappa shape index (κ3) is 2.62. The van der Waals surface area contributed by atoms with Crippen molar-refractivity contribution in [3.63, 3.8) is 0 Å². The molecule has 0 atom stereocenters. The van der Waals surface area contributed by atoms with Crippen LogP contribution in [0.15, 0.2) is 53.2 Å². The monoisotopic (exact) mass is 319 g/mol. The van der Waals surface area contributed by atoms with Gasteiger partial charge in [-0.05, 0) is 35.9 Å². The molecule has 106 valence electrons. The van der Waals surface area contributed by atoms with E-state index in [9.17, 15) is 13.2 Å². The Labute approximate surface area is 127 Å². The lowest BCUT2D eigenvalue weighted by Crippen LogP contribution is -2.25. The average molecular weight is 320 g/mol. The quantitative estimate of drug-likeness (QED) is 0.758. The van der Waals surface area contributed by atoms with Gasteiger partial charge in [0, 0.05) is 16.8 Å². The van der Waals surface area contributed by atoms with Crippen LogP contribution in [0.1, 0.15) is 15.9 Å². The number of fused-ring (bicyclic) bond motifs is 1. The standard InChI is InChI=1S/C15H10ClNO3S/c16-12-5-3-10(4-6-12)8-11-9-21(19,20)15-13(14(11)18)2-1-7-17-15/h1-8H,9H2/b11-8+. The molecule has 0 fully saturated rings. The first-order valence-electron chi connectivity index (χ1n) is 6.16. The summed E-state index contributed by atoms with van der Waals surface area (Å²) in [6, 6.07) is 9.87. The molecule has 1 aromatic heterocycles. The molecule has 4 nitrogen and oxygen atoms in total. The van der Waals surface area contributed by atoms with Crippen molar-refractivity contribution in [2.24, 2.45) is 0 Å². The summed E-state index contributed by atoms with van der Waals surface area (Å²) in [5, 5.41) is 0.442. The van der Waals surface area contributed by atoms with E-state index in [1.54, 1.807) is 36.4 Å². The van der Waals surface area contributed by atoms with Gasteiger partial charge in [0.2, 0.25) is 9.84 Å². The fraction of sp³-hybridized carbons (Fsp3) is 0.0667. The van der Waals surface area contributed by atoms with Crippen LogP contribution < -0.4 is 0 Å². The maximum atomic E-state index is 12.4. The summed E-state index contributed by atoms with van der Waals surface area (Å²) in [4.78, 5) is 16.2. The van der Waals surface area contributed by atoms with Gasteiger partial charge < -0.3 is 0 Å². The summed E-state index contributed by atoms with van der Waals surface area (Å²) in [7, 11) is -3.58. The number of halogens is 1. The molecule has 1 aliphatic rings. The number of nitrogens with zero attached hydrogens (tertiary/aromatic N) is 1. The molecule has 0 bridgehead atoms. The lowest BCUT2D eigenvalue weighted by molar-refractivity contribution is 0.103. The minimum Gasteiger partial charge on any atom is -0.289 e. The molecule has 0 aliphatic carbocycles. The molecule has 3 rings (SSSR count). The van der Waals surface area contributed by atoms with Crippen LogP contribution in [0.25, 0.3) is 6.08 Å². The van der Waals surface area contributed by atoms with E-state index in [0.29, 0.717) is 5.02 Å². The van der Waals surface area contributed by atoms with Gasteiger partial charge in [-0.2, -0.15) is 0 Å². The van der Waals surface area contributed by atoms with Crippen molar-refractivity contribution in [1.29, 1.82) is 0 Å². The molecule has 2 aromatic rings. The smallest absolute Gasteiger partial charge is 0.200 e. The molecule has 0 saturated carbocycles. The number of Topliss-reactive ketones (excluding diaryl/α,β-unsaturated/α-hetero) is 1. The van der Waals surface area contributed by atoms with Crippen LogP contribution in [-0.2, 0) is 9.84 Å². The topological polar surface area (TPSA) is 64.1 Å². The summed E-state index contributed by atoms with van der Waals surface area (Å²) in [5.41, 5.74) is 1.09. The van der Waals surface area contributed by atoms with Crippen molar-refractivity contribution in [3.05, 3.63) is 64.3 Å². The lowest BCUT2D eigenvalue weighted by atomic mass is 10.0. The van der Waals surface area contributed by atoms with Crippen molar-refractivity contribution < 1.29 is 13.2 Å². The van der Waals surface area contributed by atoms with Crippen molar-refractivity contribution in [1.82, 2.24) is 4.98 Å². The van der Waals surface area contributed by atoms with Gasteiger partial charge in [0.25, 0.3) is 0 Å². The zero-order valence-electron chi connectivity index (χ0n) is 10.8. The van der Waals surface area contributed by atoms with Crippen LogP contribution >= 0.6 is 11.6 Å². The van der Waals surface area contributed by atoms with Gasteiger partial charge in [-0.3, -0.25) is 4.79 Å². The van der Waals surface area contributed by atoms with Gasteiger partial charge in [0.1, 0.15) is 0 Å². The van der Waals surface area contributed by atoms with E-state index in [4.69, 9.17) is 11.6 Å². The molecule has 0 N–H and O–H groups in total. The highest BCUT2D eigenvalue weighted by atomic mass is 35.5. The molecular formula is C15H10ClNO3S. The summed E-state index contributed by atoms with van der Waals surface area (Å²) in [6.45, 7) is 0. The zero-order valence-corrected chi connectivity index (χ0v) is 12.4. The molecule has 21 heavy (non-hydrogen) atoms. The van der Waals surface area contributed by atoms with E-state index in [-0.39, 0.29) is 27.7 Å². The van der Waals surface area contributed by atoms with Gasteiger partial charge in [-0.15, -0.1) is 0 Å². The Hall–Kier alpha value is -1.98. The predicted octanol–water partition coefficient (Wildman–Crippen LogP) is 2.79. The van der Waals surface area contributed by atoms with E-state index >= 15 is 0 Å². The maximum absolute atomic E-state index is 12.4. The van der Waals surface area contributed by atoms with Gasteiger partial charge in [-0.25, -0.2) is 13.4 Å². The van der Waals surface area contributed by atoms with Crippen LogP contribution in [-0.4, -0.2) is 24.9 Å². The Kier molecular flexibility index (Phi) is 3.39. The minimum absolute atomic E-state index is 0.129. The number of hydrogen-bond donors (Lipinski definition) is 0. The second-order valence-corrected chi connectivity index (χ2v) is 7.01. The second-order valence-electron chi connectivity index (χ2n) is 4.67. The number of aromatic nitrogens is 1. The molecule has 0 amide bonds. The molecule has 1 aromatic carbocycles. The highest BCUT2D eigenvalue weighted by molar-refractivity contribution is 7.91. The van der Waals surface area contributed by atoms with Crippen LogP contribution in [0.4, 0.5) is 0 Å². The highest BCUT2D eigenvalue weighted by Gasteiger charge is 2.33. The number of hydrogen-bond acceptors (Lipinski definition) is 4. The van der Waals surface area contributed by atoms with E-state index in [2.05, 4.69) is 4.98 Å². The second kappa shape index (κ2) is 5.09. The third-order valence-electron chi connectivity index (χ3n) is 3.16. The maximum Gasteiger partial charge on any atom is 0.200 e. The van der Waals surface area contributed by atoms with E-state index in [1.165, 1.54) is 12.3 Å². The fourth-order valence-electron chi connectivity index (χ4n) is 2.19. The number of carbonyl (C=O) groups is 1. The predicted molar refractivity (Wildman–Crippen MR) is 80.0 cm³/mol. The Bertz CT molecular complexity index is 855. The Balaban J connectivity index is 2.11. The van der Waals surface area contributed by atoms with Crippen molar-refractivity contribution in [2.45, 2.75) is 5.03 Å².